The number of fused-ring (bicyclic) bond motifs is 2. The molecule has 0 radical (unpaired) electrons. The largest absolute Gasteiger partial charge is 0.507 e. The summed E-state index contributed by atoms with van der Waals surface area (Å²) in [5, 5.41) is 20.1. The summed E-state index contributed by atoms with van der Waals surface area (Å²) in [5.41, 5.74) is 2.38. The Balaban J connectivity index is 2.16. The summed E-state index contributed by atoms with van der Waals surface area (Å²) in [6.07, 6.45) is 1.22. The van der Waals surface area contributed by atoms with Crippen LogP contribution in [0.3, 0.4) is 0 Å². The van der Waals surface area contributed by atoms with Crippen LogP contribution in [0.15, 0.2) is 30.3 Å². The number of aromatic hydroxyl groups is 2. The van der Waals surface area contributed by atoms with Crippen LogP contribution in [0.2, 0.25) is 0 Å². The quantitative estimate of drug-likeness (QED) is 0.688. The summed E-state index contributed by atoms with van der Waals surface area (Å²) in [6, 6.07) is 9.31. The number of para-hydroxylation sites is 1. The Hall–Kier alpha value is -2.16. The summed E-state index contributed by atoms with van der Waals surface area (Å²) < 4.78 is 5.72. The zero-order chi connectivity index (χ0) is 12.7. The van der Waals surface area contributed by atoms with Gasteiger partial charge in [0.1, 0.15) is 23.0 Å². The first-order valence-corrected chi connectivity index (χ1v) is 6.03. The Bertz CT molecular complexity index is 617. The molecule has 0 spiro atoms. The van der Waals surface area contributed by atoms with E-state index in [4.69, 9.17) is 4.74 Å². The maximum Gasteiger partial charge on any atom is 0.138 e. The summed E-state index contributed by atoms with van der Waals surface area (Å²) in [4.78, 5) is 0. The highest BCUT2D eigenvalue weighted by atomic mass is 16.5. The number of benzene rings is 2. The molecule has 2 N–H and O–H groups in total. The molecule has 18 heavy (non-hydrogen) atoms. The molecule has 0 fully saturated rings. The number of hydrogen-bond donors (Lipinski definition) is 2. The minimum atomic E-state index is 0.0909. The molecule has 0 saturated carbocycles. The van der Waals surface area contributed by atoms with E-state index < -0.39 is 0 Å². The predicted molar refractivity (Wildman–Crippen MR) is 68.5 cm³/mol. The lowest BCUT2D eigenvalue weighted by molar-refractivity contribution is 0.408. The van der Waals surface area contributed by atoms with Crippen molar-refractivity contribution in [3.05, 3.63) is 47.0 Å². The van der Waals surface area contributed by atoms with Gasteiger partial charge in [-0.3, -0.25) is 0 Å². The van der Waals surface area contributed by atoms with Gasteiger partial charge in [0.05, 0.1) is 0 Å². The van der Waals surface area contributed by atoms with Crippen LogP contribution >= 0.6 is 0 Å². The SMILES string of the molecule is CCc1c(O)cc2c(c1O)Cc1ccccc1O2. The Morgan fingerprint density at radius 2 is 1.94 bits per heavy atom. The number of phenolic OH excluding ortho intramolecular Hbond substituents is 2. The maximum absolute atomic E-state index is 10.2. The minimum absolute atomic E-state index is 0.0909. The molecule has 3 rings (SSSR count). The third-order valence-corrected chi connectivity index (χ3v) is 3.36. The predicted octanol–water partition coefficient (Wildman–Crippen LogP) is 3.36. The van der Waals surface area contributed by atoms with Gasteiger partial charge in [0, 0.05) is 23.6 Å². The lowest BCUT2D eigenvalue weighted by Crippen LogP contribution is -2.04. The molecule has 1 aliphatic heterocycles. The minimum Gasteiger partial charge on any atom is -0.507 e. The van der Waals surface area contributed by atoms with E-state index in [1.807, 2.05) is 31.2 Å². The van der Waals surface area contributed by atoms with Crippen molar-refractivity contribution in [3.8, 4) is 23.0 Å². The monoisotopic (exact) mass is 242 g/mol. The van der Waals surface area contributed by atoms with Gasteiger partial charge in [-0.1, -0.05) is 25.1 Å². The molecule has 1 aliphatic rings. The zero-order valence-electron chi connectivity index (χ0n) is 10.1. The highest BCUT2D eigenvalue weighted by Crippen LogP contribution is 2.45. The van der Waals surface area contributed by atoms with Crippen molar-refractivity contribution >= 4 is 0 Å². The molecule has 0 saturated heterocycles. The topological polar surface area (TPSA) is 49.7 Å². The second kappa shape index (κ2) is 3.95. The van der Waals surface area contributed by atoms with Crippen LogP contribution in [-0.2, 0) is 12.8 Å². The lowest BCUT2D eigenvalue weighted by Gasteiger charge is -2.22. The van der Waals surface area contributed by atoms with Gasteiger partial charge >= 0.3 is 0 Å². The molecule has 0 aliphatic carbocycles. The van der Waals surface area contributed by atoms with Crippen LogP contribution in [-0.4, -0.2) is 10.2 Å². The van der Waals surface area contributed by atoms with E-state index in [1.54, 1.807) is 6.07 Å². The second-order valence-electron chi connectivity index (χ2n) is 4.44. The van der Waals surface area contributed by atoms with Crippen molar-refractivity contribution in [1.82, 2.24) is 0 Å². The van der Waals surface area contributed by atoms with Gasteiger partial charge < -0.3 is 14.9 Å². The van der Waals surface area contributed by atoms with E-state index in [-0.39, 0.29) is 11.5 Å². The Labute approximate surface area is 105 Å². The fourth-order valence-electron chi connectivity index (χ4n) is 2.39. The van der Waals surface area contributed by atoms with Crippen LogP contribution in [0.4, 0.5) is 0 Å². The summed E-state index contributed by atoms with van der Waals surface area (Å²) in [7, 11) is 0. The second-order valence-corrected chi connectivity index (χ2v) is 4.44. The molecule has 2 aromatic rings. The Morgan fingerprint density at radius 1 is 1.17 bits per heavy atom. The van der Waals surface area contributed by atoms with Crippen molar-refractivity contribution in [2.75, 3.05) is 0 Å². The van der Waals surface area contributed by atoms with Crippen molar-refractivity contribution in [2.24, 2.45) is 0 Å². The molecule has 0 atom stereocenters. The molecule has 2 aromatic carbocycles. The Morgan fingerprint density at radius 3 is 2.72 bits per heavy atom. The third kappa shape index (κ3) is 1.51. The average molecular weight is 242 g/mol. The van der Waals surface area contributed by atoms with Crippen LogP contribution in [0.5, 0.6) is 23.0 Å². The fourth-order valence-corrected chi connectivity index (χ4v) is 2.39. The fraction of sp³-hybridized carbons (Fsp3) is 0.200. The van der Waals surface area contributed by atoms with Gasteiger partial charge in [0.25, 0.3) is 0 Å². The highest BCUT2D eigenvalue weighted by Gasteiger charge is 2.23. The molecule has 0 aromatic heterocycles. The first kappa shape index (κ1) is 11.0. The number of hydrogen-bond acceptors (Lipinski definition) is 3. The van der Waals surface area contributed by atoms with Crippen LogP contribution in [0.1, 0.15) is 23.6 Å². The molecule has 3 heteroatoms. The van der Waals surface area contributed by atoms with Crippen molar-refractivity contribution in [3.63, 3.8) is 0 Å². The summed E-state index contributed by atoms with van der Waals surface area (Å²) in [6.45, 7) is 1.90. The maximum atomic E-state index is 10.2. The van der Waals surface area contributed by atoms with Gasteiger partial charge in [-0.15, -0.1) is 0 Å². The van der Waals surface area contributed by atoms with E-state index >= 15 is 0 Å². The number of ether oxygens (including phenoxy) is 1. The molecular formula is C15H14O3. The Kier molecular flexibility index (Phi) is 2.40. The number of phenols is 2. The van der Waals surface area contributed by atoms with Crippen molar-refractivity contribution in [1.29, 1.82) is 0 Å². The average Bonchev–Trinajstić information content (AvgIpc) is 2.37. The molecule has 3 nitrogen and oxygen atoms in total. The molecule has 0 bridgehead atoms. The van der Waals surface area contributed by atoms with Crippen LogP contribution in [0, 0.1) is 0 Å². The summed E-state index contributed by atoms with van der Waals surface area (Å²) >= 11 is 0. The van der Waals surface area contributed by atoms with Gasteiger partial charge in [0.2, 0.25) is 0 Å². The van der Waals surface area contributed by atoms with Crippen LogP contribution in [0.25, 0.3) is 0 Å². The van der Waals surface area contributed by atoms with Gasteiger partial charge in [-0.05, 0) is 18.1 Å². The zero-order valence-corrected chi connectivity index (χ0v) is 10.1. The first-order chi connectivity index (χ1) is 8.70. The van der Waals surface area contributed by atoms with Gasteiger partial charge in [0.15, 0.2) is 0 Å². The van der Waals surface area contributed by atoms with E-state index in [0.29, 0.717) is 24.2 Å². The standard InChI is InChI=1S/C15H14O3/c1-2-10-12(16)8-14-11(15(10)17)7-9-5-3-4-6-13(9)18-14/h3-6,8,16-17H,2,7H2,1H3. The smallest absolute Gasteiger partial charge is 0.138 e. The van der Waals surface area contributed by atoms with Crippen LogP contribution < -0.4 is 4.74 Å². The van der Waals surface area contributed by atoms with Crippen molar-refractivity contribution in [2.45, 2.75) is 19.8 Å². The molecule has 0 amide bonds. The lowest BCUT2D eigenvalue weighted by atomic mass is 9.96. The third-order valence-electron chi connectivity index (χ3n) is 3.36. The molecular weight excluding hydrogens is 228 g/mol. The molecule has 92 valence electrons. The van der Waals surface area contributed by atoms with E-state index in [0.717, 1.165) is 16.9 Å². The number of rotatable bonds is 1. The van der Waals surface area contributed by atoms with Crippen molar-refractivity contribution < 1.29 is 14.9 Å². The first-order valence-electron chi connectivity index (χ1n) is 6.03. The molecule has 1 heterocycles. The van der Waals surface area contributed by atoms with Gasteiger partial charge in [-0.25, -0.2) is 0 Å². The normalized spacial score (nSPS) is 12.5. The van der Waals surface area contributed by atoms with E-state index in [9.17, 15) is 10.2 Å². The van der Waals surface area contributed by atoms with E-state index in [1.165, 1.54) is 0 Å². The van der Waals surface area contributed by atoms with Gasteiger partial charge in [-0.2, -0.15) is 0 Å². The highest BCUT2D eigenvalue weighted by molar-refractivity contribution is 5.61. The summed E-state index contributed by atoms with van der Waals surface area (Å²) in [5.74, 6) is 1.57. The van der Waals surface area contributed by atoms with E-state index in [2.05, 4.69) is 0 Å². The molecule has 0 unspecified atom stereocenters.